The van der Waals surface area contributed by atoms with Crippen molar-refractivity contribution in [2.75, 3.05) is 186 Å². The molecule has 1 aliphatic heterocycles. The van der Waals surface area contributed by atoms with Crippen LogP contribution in [-0.4, -0.2) is 315 Å². The van der Waals surface area contributed by atoms with Crippen LogP contribution in [0.2, 0.25) is 0 Å². The number of allylic oxidation sites excluding steroid dienone is 5. The molecule has 718 valence electrons. The summed E-state index contributed by atoms with van der Waals surface area (Å²) >= 11 is 0. The predicted octanol–water partition coefficient (Wildman–Crippen LogP) is 3.74. The summed E-state index contributed by atoms with van der Waals surface area (Å²) in [7, 11) is 6.21. The Morgan fingerprint density at radius 3 is 1.87 bits per heavy atom. The highest BCUT2D eigenvalue weighted by Crippen LogP contribution is 2.72. The number of nitrogens with one attached hydrogen (secondary N) is 9. The Balaban J connectivity index is 0.802. The van der Waals surface area contributed by atoms with Gasteiger partial charge in [-0.2, -0.15) is 0 Å². The number of carbonyl (C=O) groups is 10. The number of carbonyl (C=O) groups excluding carboxylic acids is 10. The molecule has 37 heteroatoms. The number of ketones is 2. The van der Waals surface area contributed by atoms with Gasteiger partial charge in [0.25, 0.3) is 0 Å². The molecule has 17 atom stereocenters. The number of unbranched alkanes of at least 4 members (excludes halogenated alkanes) is 1. The molecule has 1 heterocycles. The average molecular weight is 1800 g/mol. The van der Waals surface area contributed by atoms with Crippen LogP contribution < -0.4 is 59.3 Å². The third kappa shape index (κ3) is 31.6. The van der Waals surface area contributed by atoms with Crippen LogP contribution in [0.4, 0.5) is 18.4 Å². The Bertz CT molecular complexity index is 3700. The number of nitrogens with two attached hydrogens (primary N) is 2. The van der Waals surface area contributed by atoms with E-state index in [4.69, 9.17) is 68.3 Å². The number of Topliss-reactive ketones (excluding diaryl/α,β-unsaturated/α-hetero) is 1. The van der Waals surface area contributed by atoms with Crippen LogP contribution in [0.25, 0.3) is 0 Å². The van der Waals surface area contributed by atoms with Gasteiger partial charge in [-0.25, -0.2) is 18.4 Å². The van der Waals surface area contributed by atoms with E-state index in [0.29, 0.717) is 161 Å². The third-order valence-electron chi connectivity index (χ3n) is 25.7. The van der Waals surface area contributed by atoms with Crippen molar-refractivity contribution >= 4 is 59.1 Å². The first kappa shape index (κ1) is 105. The van der Waals surface area contributed by atoms with Crippen LogP contribution in [0.5, 0.6) is 0 Å². The minimum absolute atomic E-state index is 0.0227. The number of rotatable bonds is 60. The molecule has 0 aromatic heterocycles. The van der Waals surface area contributed by atoms with E-state index in [-0.39, 0.29) is 116 Å². The van der Waals surface area contributed by atoms with E-state index in [0.717, 1.165) is 67.7 Å². The topological polar surface area (TPSA) is 462 Å². The number of primary amides is 1. The van der Waals surface area contributed by atoms with Gasteiger partial charge in [0.1, 0.15) is 30.9 Å². The van der Waals surface area contributed by atoms with Crippen LogP contribution >= 0.6 is 0 Å². The molecule has 127 heavy (non-hydrogen) atoms. The molecule has 0 aromatic carbocycles. The molecular formula is C90H147F2N12O23+. The van der Waals surface area contributed by atoms with Crippen molar-refractivity contribution in [3.05, 3.63) is 35.2 Å². The van der Waals surface area contributed by atoms with E-state index in [1.54, 1.807) is 20.8 Å². The quantitative estimate of drug-likeness (QED) is 0.0234. The fourth-order valence-electron chi connectivity index (χ4n) is 18.8. The second kappa shape index (κ2) is 53.1. The van der Waals surface area contributed by atoms with E-state index < -0.39 is 149 Å². The van der Waals surface area contributed by atoms with Crippen molar-refractivity contribution in [3.63, 3.8) is 0 Å². The van der Waals surface area contributed by atoms with E-state index in [1.807, 2.05) is 6.92 Å². The number of aliphatic hydroxyl groups excluding tert-OH is 1. The number of ether oxygens (including phenoxy) is 12. The smallest absolute Gasteiger partial charge is 0.407 e. The fourth-order valence-corrected chi connectivity index (χ4v) is 18.8. The first-order valence-electron chi connectivity index (χ1n) is 46.1. The maximum Gasteiger partial charge on any atom is 0.407 e. The number of fused-ring (bicyclic) bond motifs is 8. The van der Waals surface area contributed by atoms with Gasteiger partial charge in [0.05, 0.1) is 177 Å². The number of aliphatic hydroxyl groups is 1. The minimum Gasteiger partial charge on any atom is -0.449 e. The van der Waals surface area contributed by atoms with Gasteiger partial charge in [-0.1, -0.05) is 53.0 Å². The molecule has 0 aromatic rings. The second-order valence-electron chi connectivity index (χ2n) is 36.1. The zero-order valence-electron chi connectivity index (χ0n) is 76.1. The largest absolute Gasteiger partial charge is 0.449 e. The first-order valence-corrected chi connectivity index (χ1v) is 46.1. The van der Waals surface area contributed by atoms with Gasteiger partial charge in [-0.05, 0) is 144 Å². The maximum atomic E-state index is 18.3. The lowest BCUT2D eigenvalue weighted by molar-refractivity contribution is -0.869. The monoisotopic (exact) mass is 1800 g/mol. The zero-order chi connectivity index (χ0) is 92.0. The lowest BCUT2D eigenvalue weighted by Gasteiger charge is -2.63. The summed E-state index contributed by atoms with van der Waals surface area (Å²) in [5.74, 6) is 0.837. The van der Waals surface area contributed by atoms with Crippen LogP contribution in [-0.2, 0) is 95.2 Å². The minimum atomic E-state index is -2.47. The Morgan fingerprint density at radius 1 is 0.654 bits per heavy atom. The number of alkyl halides is 2. The van der Waals surface area contributed by atoms with Crippen LogP contribution in [0, 0.1) is 58.2 Å². The lowest BCUT2D eigenvalue weighted by atomic mass is 9.44. The number of nitrogens with zero attached hydrogens (tertiary/aromatic N) is 1. The summed E-state index contributed by atoms with van der Waals surface area (Å²) in [5.41, 5.74) is 5.97. The molecule has 5 fully saturated rings. The Morgan fingerprint density at radius 2 is 1.24 bits per heavy atom. The van der Waals surface area contributed by atoms with Crippen LogP contribution in [0.1, 0.15) is 169 Å². The highest BCUT2D eigenvalue weighted by Gasteiger charge is 2.80. The van der Waals surface area contributed by atoms with Gasteiger partial charge in [0.2, 0.25) is 35.4 Å². The molecule has 1 saturated heterocycles. The van der Waals surface area contributed by atoms with E-state index in [2.05, 4.69) is 80.8 Å². The number of hydrogen-bond acceptors (Lipinski definition) is 25. The number of likely N-dealkylation sites (N-methyl/N-ethyl adjacent to an activating group) is 1. The summed E-state index contributed by atoms with van der Waals surface area (Å²) in [6.07, 6.45) is 6.19. The summed E-state index contributed by atoms with van der Waals surface area (Å²) in [6, 6.07) is -4.81. The molecule has 0 radical (unpaired) electrons. The predicted molar refractivity (Wildman–Crippen MR) is 464 cm³/mol. The normalized spacial score (nSPS) is 27.1. The average Bonchev–Trinajstić information content (AvgIpc) is 1.55. The number of hydrogen-bond donors (Lipinski definition) is 12. The van der Waals surface area contributed by atoms with Crippen molar-refractivity contribution in [3.8, 4) is 11.8 Å². The Hall–Kier alpha value is -7.58. The first-order chi connectivity index (χ1) is 60.9. The molecule has 8 aliphatic rings. The maximum absolute atomic E-state index is 18.3. The number of amides is 9. The van der Waals surface area contributed by atoms with Crippen molar-refractivity contribution < 1.29 is 123 Å². The van der Waals surface area contributed by atoms with Gasteiger partial charge < -0.3 is 126 Å². The summed E-state index contributed by atoms with van der Waals surface area (Å²) in [5, 5.41) is 37.6. The summed E-state index contributed by atoms with van der Waals surface area (Å²) in [4.78, 5) is 135. The number of halogens is 2. The Labute approximate surface area is 747 Å². The van der Waals surface area contributed by atoms with Crippen molar-refractivity contribution in [1.82, 2.24) is 47.9 Å². The van der Waals surface area contributed by atoms with Gasteiger partial charge in [0, 0.05) is 74.3 Å². The molecule has 0 bridgehead atoms. The van der Waals surface area contributed by atoms with Crippen molar-refractivity contribution in [2.45, 2.75) is 230 Å². The van der Waals surface area contributed by atoms with Gasteiger partial charge in [-0.15, -0.1) is 11.8 Å². The SMILES string of the molecule is CCCC1O[C@@H]2C[C@H]3[C@@H]4C[C@H](F)C5=CC(=O)C=C[C@]5(C)[C@@]4(F)[C@@H](O)C[C@]3(C)[C@]2(C(=O)CNC(=O)[C@H](CCCNC(N)=O)NC(=O)[C@@H](NC(=O)[C@@H](CCCCNC(=O)COC2CCCCCC(NCCOCCOCCOCCOCCC(=O)NCC[N+](C)(C)C)=C2N)NC(=O)CCOCCOCCOCCOCCNC(=O)OCC2[C@H]3CCC#CCC[C@@H]23)C(C)C)O1. The van der Waals surface area contributed by atoms with Crippen molar-refractivity contribution in [2.24, 2.45) is 57.8 Å². The molecule has 35 nitrogen and oxygen atoms in total. The van der Waals surface area contributed by atoms with Gasteiger partial charge in [-0.3, -0.25) is 38.4 Å². The number of urea groups is 1. The van der Waals surface area contributed by atoms with Gasteiger partial charge >= 0.3 is 12.1 Å². The molecule has 14 N–H and O–H groups in total. The fraction of sp³-hybridized carbons (Fsp3) is 0.800. The van der Waals surface area contributed by atoms with Crippen LogP contribution in [0.3, 0.4) is 0 Å². The number of alkyl carbamates (subject to hydrolysis) is 1. The van der Waals surface area contributed by atoms with E-state index in [9.17, 15) is 48.3 Å². The zero-order valence-corrected chi connectivity index (χ0v) is 76.1. The highest BCUT2D eigenvalue weighted by molar-refractivity contribution is 6.01. The molecule has 0 spiro atoms. The molecule has 9 amide bonds. The highest BCUT2D eigenvalue weighted by atomic mass is 19.1. The summed E-state index contributed by atoms with van der Waals surface area (Å²) < 4.78 is 105. The second-order valence-corrected chi connectivity index (χ2v) is 36.1. The van der Waals surface area contributed by atoms with E-state index in [1.165, 1.54) is 19.1 Å². The van der Waals surface area contributed by atoms with E-state index >= 15 is 13.6 Å². The van der Waals surface area contributed by atoms with Crippen LogP contribution in [0.15, 0.2) is 35.2 Å². The molecule has 3 unspecified atom stereocenters. The summed E-state index contributed by atoms with van der Waals surface area (Å²) in [6.45, 7) is 14.9. The van der Waals surface area contributed by atoms with Gasteiger partial charge in [0.15, 0.2) is 29.1 Å². The third-order valence-corrected chi connectivity index (χ3v) is 25.7. The molecule has 7 aliphatic carbocycles. The number of quaternary nitrogens is 1. The Kier molecular flexibility index (Phi) is 43.8. The van der Waals surface area contributed by atoms with Crippen molar-refractivity contribution in [1.29, 1.82) is 0 Å². The molecule has 4 saturated carbocycles. The standard InChI is InChI=1S/C90H146F2N12O23/c1-9-20-79-126-75-55-65-66-54-68(91)67-53-61(105)27-30-87(67,4)89(66,92)73(106)56-88(65,5)90(75,127-79)74(107)57-100-82(111)70(25-19-32-98-85(94)114)102-84(113)81(60(2)3)103-83(112)71(101-77(109)29-38-117-42-46-121-50-52-123-48-44-119-40-35-99-86(115)125-58-64-62-21-13-10-11-14-22-63(62)64)24-17-18-31-96-78(110)59-124-72-26-16-12-15-23-69(80(72)93)95-34-39-118-43-47-122-51-49-120-45-41-116-37-28-76(108)97-33-36-104(6,7)8/h27,30,53,60,62-66,68,70-73,75,79,81,95,106H,9,12-26,28-29,31-52,54-59,93H2,1-8H3,(H9-,94,96,97,98,99,100,101,102,103,108,109,110,111,112,113,114,115)/p+1/t62-,63+,64?,65-,66-,68-,70-,71+,72?,73-,75+,79?,81-,87-,88-,89-,90+/m0/s1. The molecular weight excluding hydrogens is 1660 g/mol. The lowest BCUT2D eigenvalue weighted by Crippen LogP contribution is -2.71. The molecule has 8 rings (SSSR count).